The van der Waals surface area contributed by atoms with Gasteiger partial charge in [0.2, 0.25) is 5.82 Å². The monoisotopic (exact) mass is 588 g/mol. The molecule has 1 aliphatic heterocycles. The smallest absolute Gasteiger partial charge is 0.330 e. The van der Waals surface area contributed by atoms with E-state index in [9.17, 15) is 18.8 Å². The second kappa shape index (κ2) is 9.44. The van der Waals surface area contributed by atoms with Gasteiger partial charge < -0.3 is 19.3 Å². The molecule has 3 heterocycles. The van der Waals surface area contributed by atoms with E-state index in [0.29, 0.717) is 24.2 Å². The zero-order valence-corrected chi connectivity index (χ0v) is 20.3. The van der Waals surface area contributed by atoms with Gasteiger partial charge in [-0.1, -0.05) is 23.4 Å². The van der Waals surface area contributed by atoms with E-state index in [4.69, 9.17) is 4.52 Å². The van der Waals surface area contributed by atoms with Crippen molar-refractivity contribution in [1.29, 1.82) is 0 Å². The summed E-state index contributed by atoms with van der Waals surface area (Å²) in [6, 6.07) is 11.7. The van der Waals surface area contributed by atoms with Crippen LogP contribution in [0.4, 0.5) is 10.4 Å². The molecule has 0 radical (unpaired) electrons. The van der Waals surface area contributed by atoms with E-state index in [0.717, 1.165) is 0 Å². The van der Waals surface area contributed by atoms with Crippen LogP contribution in [0.2, 0.25) is 0 Å². The summed E-state index contributed by atoms with van der Waals surface area (Å²) in [5.41, 5.74) is 1.18. The van der Waals surface area contributed by atoms with Gasteiger partial charge in [0.05, 0.1) is 33.9 Å². The number of ketones is 1. The highest BCUT2D eigenvalue weighted by atomic mass is 127. The molecule has 35 heavy (non-hydrogen) atoms. The minimum Gasteiger partial charge on any atom is -0.360 e. The predicted octanol–water partition coefficient (Wildman–Crippen LogP) is 3.29. The van der Waals surface area contributed by atoms with Gasteiger partial charge >= 0.3 is 6.01 Å². The number of aromatic nitrogens is 3. The Bertz CT molecular complexity index is 1430. The maximum absolute atomic E-state index is 14.8. The fourth-order valence-electron chi connectivity index (χ4n) is 4.08. The van der Waals surface area contributed by atoms with Crippen molar-refractivity contribution in [2.24, 2.45) is 0 Å². The molecule has 2 N–H and O–H groups in total. The van der Waals surface area contributed by atoms with Crippen molar-refractivity contribution in [2.75, 3.05) is 29.7 Å². The summed E-state index contributed by atoms with van der Waals surface area (Å²) >= 11 is 1.84. The molecule has 0 spiro atoms. The number of Topliss-reactive ketones (excluding diaryl/α,β-unsaturated/α-hetero) is 1. The average molecular weight is 588 g/mol. The van der Waals surface area contributed by atoms with Crippen LogP contribution in [-0.2, 0) is 4.79 Å². The number of benzene rings is 2. The molecule has 1 saturated heterocycles. The van der Waals surface area contributed by atoms with Crippen molar-refractivity contribution in [3.05, 3.63) is 65.6 Å². The highest BCUT2D eigenvalue weighted by Crippen LogP contribution is 2.31. The summed E-state index contributed by atoms with van der Waals surface area (Å²) in [6.45, 7) is 0.997. The number of carbonyl (C=O) groups excluding carboxylic acids is 3. The van der Waals surface area contributed by atoms with Gasteiger partial charge in [0.15, 0.2) is 0 Å². The molecule has 2 aromatic heterocycles. The third-order valence-electron chi connectivity index (χ3n) is 5.85. The van der Waals surface area contributed by atoms with Crippen molar-refractivity contribution in [3.8, 4) is 11.4 Å². The maximum Gasteiger partial charge on any atom is 0.330 e. The number of aromatic amines is 1. The molecule has 2 aromatic carbocycles. The number of carbonyl (C=O) groups is 3. The van der Waals surface area contributed by atoms with Crippen LogP contribution < -0.4 is 3.53 Å². The third-order valence-corrected chi connectivity index (χ3v) is 6.31. The van der Waals surface area contributed by atoms with E-state index in [1.165, 1.54) is 23.2 Å². The van der Waals surface area contributed by atoms with Crippen LogP contribution in [0.25, 0.3) is 22.3 Å². The van der Waals surface area contributed by atoms with E-state index in [2.05, 4.69) is 18.7 Å². The molecule has 0 atom stereocenters. The van der Waals surface area contributed by atoms with Crippen molar-refractivity contribution < 1.29 is 23.3 Å². The standard InChI is InChI=1S/C23H18FIN6O4/c24-16-7-6-14(20-27-23(28-25)35-29-20)18-17(16)15(12-26-18)19(32)22(34)31-10-8-30(9-11-31)21(33)13-4-2-1-3-5-13/h1-7,12,26H,8-11H2,(H,27,28,29). The molecular weight excluding hydrogens is 570 g/mol. The largest absolute Gasteiger partial charge is 0.360 e. The van der Waals surface area contributed by atoms with Gasteiger partial charge in [-0.05, 0) is 24.3 Å². The summed E-state index contributed by atoms with van der Waals surface area (Å²) in [5.74, 6) is -2.18. The Kier molecular flexibility index (Phi) is 6.19. The Morgan fingerprint density at radius 3 is 2.43 bits per heavy atom. The lowest BCUT2D eigenvalue weighted by molar-refractivity contribution is -0.127. The number of nitrogens with zero attached hydrogens (tertiary/aromatic N) is 4. The number of nitrogens with one attached hydrogen (secondary N) is 2. The number of fused-ring (bicyclic) bond motifs is 1. The Morgan fingerprint density at radius 1 is 1.03 bits per heavy atom. The third kappa shape index (κ3) is 4.24. The number of H-pyrrole nitrogens is 1. The first-order valence-corrected chi connectivity index (χ1v) is 11.7. The summed E-state index contributed by atoms with van der Waals surface area (Å²) in [5, 5.41) is 3.83. The highest BCUT2D eigenvalue weighted by Gasteiger charge is 2.31. The minimum atomic E-state index is -0.835. The van der Waals surface area contributed by atoms with Crippen LogP contribution in [0.15, 0.2) is 53.2 Å². The second-order valence-corrected chi connectivity index (χ2v) is 8.38. The molecule has 5 rings (SSSR count). The Morgan fingerprint density at radius 2 is 1.74 bits per heavy atom. The molecule has 12 heteroatoms. The van der Waals surface area contributed by atoms with E-state index < -0.39 is 17.5 Å². The van der Waals surface area contributed by atoms with E-state index >= 15 is 0 Å². The predicted molar refractivity (Wildman–Crippen MR) is 132 cm³/mol. The van der Waals surface area contributed by atoms with Crippen LogP contribution in [0, 0.1) is 5.82 Å². The van der Waals surface area contributed by atoms with E-state index in [1.54, 1.807) is 29.2 Å². The van der Waals surface area contributed by atoms with Crippen molar-refractivity contribution in [2.45, 2.75) is 0 Å². The first-order chi connectivity index (χ1) is 17.0. The molecule has 2 amide bonds. The lowest BCUT2D eigenvalue weighted by Gasteiger charge is -2.34. The average Bonchev–Trinajstić information content (AvgIpc) is 3.57. The summed E-state index contributed by atoms with van der Waals surface area (Å²) in [4.78, 5) is 48.8. The Balaban J connectivity index is 1.35. The molecule has 0 aliphatic carbocycles. The van der Waals surface area contributed by atoms with Crippen LogP contribution in [0.3, 0.4) is 0 Å². The van der Waals surface area contributed by atoms with Gasteiger partial charge in [0, 0.05) is 48.9 Å². The first-order valence-electron chi connectivity index (χ1n) is 10.7. The molecule has 4 aromatic rings. The minimum absolute atomic E-state index is 0.0208. The fourth-order valence-corrected chi connectivity index (χ4v) is 4.30. The van der Waals surface area contributed by atoms with Crippen molar-refractivity contribution in [3.63, 3.8) is 0 Å². The Labute approximate surface area is 212 Å². The van der Waals surface area contributed by atoms with Crippen LogP contribution in [-0.4, -0.2) is 68.7 Å². The first kappa shape index (κ1) is 23.0. The maximum atomic E-state index is 14.8. The topological polar surface area (TPSA) is 124 Å². The molecule has 10 nitrogen and oxygen atoms in total. The normalized spacial score (nSPS) is 13.8. The fraction of sp³-hybridized carbons (Fsp3) is 0.174. The second-order valence-electron chi connectivity index (χ2n) is 7.84. The quantitative estimate of drug-likeness (QED) is 0.159. The zero-order chi connectivity index (χ0) is 24.5. The highest BCUT2D eigenvalue weighted by molar-refractivity contribution is 14.1. The number of hydrogen-bond donors (Lipinski definition) is 2. The molecule has 0 saturated carbocycles. The van der Waals surface area contributed by atoms with Crippen LogP contribution in [0.5, 0.6) is 0 Å². The van der Waals surface area contributed by atoms with E-state index in [1.807, 2.05) is 28.9 Å². The van der Waals surface area contributed by atoms with Gasteiger partial charge in [-0.3, -0.25) is 17.9 Å². The lowest BCUT2D eigenvalue weighted by atomic mass is 10.0. The molecule has 1 fully saturated rings. The van der Waals surface area contributed by atoms with E-state index in [-0.39, 0.29) is 47.3 Å². The molecular formula is C23H18FIN6O4. The number of amides is 2. The summed E-state index contributed by atoms with van der Waals surface area (Å²) in [7, 11) is 0. The summed E-state index contributed by atoms with van der Waals surface area (Å²) in [6.07, 6.45) is 1.31. The van der Waals surface area contributed by atoms with Crippen molar-refractivity contribution >= 4 is 57.4 Å². The van der Waals surface area contributed by atoms with Crippen molar-refractivity contribution in [1.82, 2.24) is 24.9 Å². The van der Waals surface area contributed by atoms with Gasteiger partial charge in [-0.15, -0.1) is 0 Å². The number of hydrogen-bond acceptors (Lipinski definition) is 7. The van der Waals surface area contributed by atoms with Gasteiger partial charge in [-0.25, -0.2) is 4.39 Å². The molecule has 0 bridgehead atoms. The number of piperazine rings is 1. The summed E-state index contributed by atoms with van der Waals surface area (Å²) < 4.78 is 22.5. The van der Waals surface area contributed by atoms with Gasteiger partial charge in [-0.2, -0.15) is 4.98 Å². The molecule has 1 aliphatic rings. The van der Waals surface area contributed by atoms with Gasteiger partial charge in [0.1, 0.15) is 5.82 Å². The Hall–Kier alpha value is -3.81. The number of halogens is 2. The molecule has 178 valence electrons. The van der Waals surface area contributed by atoms with Gasteiger partial charge in [0.25, 0.3) is 17.6 Å². The lowest BCUT2D eigenvalue weighted by Crippen LogP contribution is -2.52. The number of anilines is 1. The SMILES string of the molecule is O=C(C(=O)N1CCN(C(=O)c2ccccc2)CC1)c1c[nH]c2c(-c3noc(NI)n3)ccc(F)c12. The zero-order valence-electron chi connectivity index (χ0n) is 18.1. The van der Waals surface area contributed by atoms with Crippen LogP contribution >= 0.6 is 22.9 Å². The van der Waals surface area contributed by atoms with Crippen LogP contribution in [0.1, 0.15) is 20.7 Å². The molecule has 0 unspecified atom stereocenters. The number of rotatable bonds is 5.